The van der Waals surface area contributed by atoms with Gasteiger partial charge in [-0.1, -0.05) is 0 Å². The summed E-state index contributed by atoms with van der Waals surface area (Å²) in [6.45, 7) is 0. The normalized spacial score (nSPS) is 22.5. The van der Waals surface area contributed by atoms with Crippen molar-refractivity contribution < 1.29 is 0 Å². The molecule has 0 spiro atoms. The Kier molecular flexibility index (Phi) is 2.58. The van der Waals surface area contributed by atoms with Crippen LogP contribution in [0.15, 0.2) is 29.1 Å². The fourth-order valence-corrected chi connectivity index (χ4v) is 2.07. The summed E-state index contributed by atoms with van der Waals surface area (Å²) in [6, 6.07) is 2.47. The highest BCUT2D eigenvalue weighted by Crippen LogP contribution is 2.41. The molecule has 6 heteroatoms. The van der Waals surface area contributed by atoms with Crippen LogP contribution in [0.25, 0.3) is 0 Å². The van der Waals surface area contributed by atoms with Gasteiger partial charge in [0.1, 0.15) is 0 Å². The Morgan fingerprint density at radius 1 is 1.41 bits per heavy atom. The van der Waals surface area contributed by atoms with E-state index in [1.807, 2.05) is 17.9 Å². The van der Waals surface area contributed by atoms with E-state index >= 15 is 0 Å². The molecule has 2 aromatic heterocycles. The van der Waals surface area contributed by atoms with Gasteiger partial charge >= 0.3 is 0 Å². The van der Waals surface area contributed by atoms with E-state index in [0.717, 1.165) is 16.6 Å². The maximum atomic E-state index is 4.41. The predicted molar refractivity (Wildman–Crippen MR) is 67.7 cm³/mol. The van der Waals surface area contributed by atoms with Gasteiger partial charge in [0.05, 0.1) is 10.2 Å². The molecule has 0 saturated heterocycles. The van der Waals surface area contributed by atoms with E-state index in [9.17, 15) is 0 Å². The first-order chi connectivity index (χ1) is 8.22. The van der Waals surface area contributed by atoms with E-state index in [1.165, 1.54) is 0 Å². The van der Waals surface area contributed by atoms with Crippen molar-refractivity contribution >= 4 is 21.9 Å². The van der Waals surface area contributed by atoms with Crippen LogP contribution in [0.1, 0.15) is 18.0 Å². The second kappa shape index (κ2) is 4.10. The number of hydrogen-bond donors (Lipinski definition) is 1. The van der Waals surface area contributed by atoms with Crippen LogP contribution < -0.4 is 5.32 Å². The molecular formula is C11H12BrN5. The van der Waals surface area contributed by atoms with Gasteiger partial charge in [-0.2, -0.15) is 5.10 Å². The van der Waals surface area contributed by atoms with Crippen LogP contribution in [0.5, 0.6) is 0 Å². The third-order valence-electron chi connectivity index (χ3n) is 2.84. The summed E-state index contributed by atoms with van der Waals surface area (Å²) >= 11 is 3.31. The topological polar surface area (TPSA) is 55.6 Å². The van der Waals surface area contributed by atoms with Crippen LogP contribution in [0.3, 0.4) is 0 Å². The van der Waals surface area contributed by atoms with Crippen molar-refractivity contribution in [3.05, 3.63) is 34.8 Å². The van der Waals surface area contributed by atoms with Crippen molar-refractivity contribution in [1.29, 1.82) is 0 Å². The largest absolute Gasteiger partial charge is 0.351 e. The summed E-state index contributed by atoms with van der Waals surface area (Å²) in [4.78, 5) is 8.39. The maximum absolute atomic E-state index is 4.41. The highest BCUT2D eigenvalue weighted by molar-refractivity contribution is 9.10. The molecule has 2 heterocycles. The van der Waals surface area contributed by atoms with Crippen molar-refractivity contribution in [3.63, 3.8) is 0 Å². The van der Waals surface area contributed by atoms with E-state index in [1.54, 1.807) is 12.4 Å². The van der Waals surface area contributed by atoms with Crippen LogP contribution in [-0.2, 0) is 7.05 Å². The molecule has 3 rings (SSSR count). The number of aryl methyl sites for hydroxylation is 1. The Bertz CT molecular complexity index is 521. The van der Waals surface area contributed by atoms with Gasteiger partial charge in [0, 0.05) is 37.6 Å². The quantitative estimate of drug-likeness (QED) is 0.940. The second-order valence-corrected chi connectivity index (χ2v) is 5.15. The van der Waals surface area contributed by atoms with Crippen molar-refractivity contribution in [1.82, 2.24) is 19.7 Å². The average Bonchev–Trinajstić information content (AvgIpc) is 2.94. The van der Waals surface area contributed by atoms with Gasteiger partial charge in [0.15, 0.2) is 0 Å². The molecule has 0 unspecified atom stereocenters. The van der Waals surface area contributed by atoms with Crippen molar-refractivity contribution in [3.8, 4) is 0 Å². The monoisotopic (exact) mass is 293 g/mol. The number of hydrogen-bond acceptors (Lipinski definition) is 4. The molecule has 0 amide bonds. The summed E-state index contributed by atoms with van der Waals surface area (Å²) in [5.41, 5.74) is 1.14. The van der Waals surface area contributed by atoms with Gasteiger partial charge in [-0.25, -0.2) is 9.97 Å². The molecule has 0 radical (unpaired) electrons. The molecule has 2 atom stereocenters. The predicted octanol–water partition coefficient (Wildman–Crippen LogP) is 1.94. The summed E-state index contributed by atoms with van der Waals surface area (Å²) < 4.78 is 2.72. The highest BCUT2D eigenvalue weighted by atomic mass is 79.9. The molecule has 1 fully saturated rings. The van der Waals surface area contributed by atoms with E-state index in [2.05, 4.69) is 42.4 Å². The highest BCUT2D eigenvalue weighted by Gasteiger charge is 2.40. The number of nitrogens with one attached hydrogen (secondary N) is 1. The number of anilines is 1. The Morgan fingerprint density at radius 3 is 2.82 bits per heavy atom. The Labute approximate surface area is 107 Å². The van der Waals surface area contributed by atoms with Gasteiger partial charge < -0.3 is 5.32 Å². The number of aromatic nitrogens is 4. The molecule has 0 aromatic carbocycles. The minimum atomic E-state index is 0.408. The summed E-state index contributed by atoms with van der Waals surface area (Å²) in [5, 5.41) is 7.72. The molecule has 1 aliphatic carbocycles. The summed E-state index contributed by atoms with van der Waals surface area (Å²) in [5.74, 6) is 1.17. The number of halogens is 1. The molecule has 1 saturated carbocycles. The molecule has 0 aliphatic heterocycles. The van der Waals surface area contributed by atoms with Crippen LogP contribution in [0.2, 0.25) is 0 Å². The van der Waals surface area contributed by atoms with E-state index in [4.69, 9.17) is 0 Å². The summed E-state index contributed by atoms with van der Waals surface area (Å²) in [7, 11) is 1.94. The lowest BCUT2D eigenvalue weighted by atomic mass is 10.3. The summed E-state index contributed by atoms with van der Waals surface area (Å²) in [6.07, 6.45) is 6.55. The maximum Gasteiger partial charge on any atom is 0.222 e. The Hall–Kier alpha value is -1.43. The molecule has 88 valence electrons. The number of nitrogens with zero attached hydrogens (tertiary/aromatic N) is 4. The molecule has 1 N–H and O–H groups in total. The minimum absolute atomic E-state index is 0.408. The Morgan fingerprint density at radius 2 is 2.18 bits per heavy atom. The minimum Gasteiger partial charge on any atom is -0.351 e. The van der Waals surface area contributed by atoms with E-state index in [0.29, 0.717) is 17.9 Å². The van der Waals surface area contributed by atoms with Crippen LogP contribution in [0, 0.1) is 0 Å². The zero-order valence-electron chi connectivity index (χ0n) is 9.34. The fourth-order valence-electron chi connectivity index (χ4n) is 1.86. The van der Waals surface area contributed by atoms with E-state index < -0.39 is 0 Å². The molecule has 1 aliphatic rings. The first-order valence-electron chi connectivity index (χ1n) is 5.46. The van der Waals surface area contributed by atoms with Gasteiger partial charge in [-0.15, -0.1) is 0 Å². The zero-order valence-corrected chi connectivity index (χ0v) is 10.9. The van der Waals surface area contributed by atoms with E-state index in [-0.39, 0.29) is 0 Å². The molecule has 5 nitrogen and oxygen atoms in total. The zero-order chi connectivity index (χ0) is 11.8. The van der Waals surface area contributed by atoms with Gasteiger partial charge in [0.25, 0.3) is 0 Å². The lowest BCUT2D eigenvalue weighted by molar-refractivity contribution is 0.741. The molecule has 2 aromatic rings. The Balaban J connectivity index is 1.64. The number of rotatable bonds is 3. The van der Waals surface area contributed by atoms with Crippen LogP contribution in [0.4, 0.5) is 5.95 Å². The van der Waals surface area contributed by atoms with Crippen molar-refractivity contribution in [2.24, 2.45) is 7.05 Å². The first-order valence-corrected chi connectivity index (χ1v) is 6.25. The standard InChI is InChI=1S/C11H12BrN5/c1-17-3-2-9(16-17)8-4-10(8)15-11-13-5-7(12)6-14-11/h2-3,5-6,8,10H,4H2,1H3,(H,13,14,15)/t8-,10+/m0/s1. The van der Waals surface area contributed by atoms with Crippen LogP contribution in [-0.4, -0.2) is 25.8 Å². The average molecular weight is 294 g/mol. The van der Waals surface area contributed by atoms with Crippen LogP contribution >= 0.6 is 15.9 Å². The van der Waals surface area contributed by atoms with Gasteiger partial charge in [-0.3, -0.25) is 4.68 Å². The second-order valence-electron chi connectivity index (χ2n) is 4.23. The SMILES string of the molecule is Cn1ccc([C@@H]2C[C@H]2Nc2ncc(Br)cn2)n1. The molecule has 17 heavy (non-hydrogen) atoms. The van der Waals surface area contributed by atoms with Gasteiger partial charge in [0.2, 0.25) is 5.95 Å². The van der Waals surface area contributed by atoms with Crippen molar-refractivity contribution in [2.45, 2.75) is 18.4 Å². The third kappa shape index (κ3) is 2.31. The lowest BCUT2D eigenvalue weighted by Gasteiger charge is -2.02. The van der Waals surface area contributed by atoms with Crippen molar-refractivity contribution in [2.75, 3.05) is 5.32 Å². The molecule has 0 bridgehead atoms. The fraction of sp³-hybridized carbons (Fsp3) is 0.364. The smallest absolute Gasteiger partial charge is 0.222 e. The third-order valence-corrected chi connectivity index (χ3v) is 3.25. The first kappa shape index (κ1) is 10.7. The molecular weight excluding hydrogens is 282 g/mol. The van der Waals surface area contributed by atoms with Gasteiger partial charge in [-0.05, 0) is 28.4 Å². The lowest BCUT2D eigenvalue weighted by Crippen LogP contribution is -2.07.